The van der Waals surface area contributed by atoms with Gasteiger partial charge in [0.2, 0.25) is 0 Å². The Labute approximate surface area is 74.2 Å². The van der Waals surface area contributed by atoms with Gasteiger partial charge in [0, 0.05) is 0 Å². The molecular formula is C9H19N3. The third-order valence-corrected chi connectivity index (χ3v) is 3.02. The van der Waals surface area contributed by atoms with Gasteiger partial charge in [0.05, 0.1) is 6.04 Å². The first kappa shape index (κ1) is 9.36. The molecule has 4 N–H and O–H groups in total. The summed E-state index contributed by atoms with van der Waals surface area (Å²) in [4.78, 5) is 4.23. The Morgan fingerprint density at radius 1 is 1.42 bits per heavy atom. The van der Waals surface area contributed by atoms with E-state index in [0.717, 1.165) is 12.3 Å². The van der Waals surface area contributed by atoms with Crippen molar-refractivity contribution < 1.29 is 0 Å². The highest BCUT2D eigenvalue weighted by molar-refractivity contribution is 5.75. The summed E-state index contributed by atoms with van der Waals surface area (Å²) in [5, 5.41) is 0. The molecule has 0 aromatic rings. The van der Waals surface area contributed by atoms with Crippen molar-refractivity contribution in [1.29, 1.82) is 0 Å². The van der Waals surface area contributed by atoms with E-state index in [1.165, 1.54) is 12.8 Å². The van der Waals surface area contributed by atoms with E-state index in [9.17, 15) is 0 Å². The summed E-state index contributed by atoms with van der Waals surface area (Å²) in [5.74, 6) is 1.71. The van der Waals surface area contributed by atoms with Crippen LogP contribution in [-0.4, -0.2) is 12.0 Å². The standard InChI is InChI=1S/C9H19N3/c1-3-7-4-5-8(6(7)2)12-9(10)11/h6-8H,3-5H2,1-2H3,(H4,10,11,12). The SMILES string of the molecule is CCC1CCC(N=C(N)N)C1C. The molecule has 3 unspecified atom stereocenters. The van der Waals surface area contributed by atoms with E-state index in [0.29, 0.717) is 12.0 Å². The monoisotopic (exact) mass is 169 g/mol. The van der Waals surface area contributed by atoms with Crippen LogP contribution in [0, 0.1) is 11.8 Å². The summed E-state index contributed by atoms with van der Waals surface area (Å²) < 4.78 is 0. The molecule has 70 valence electrons. The van der Waals surface area contributed by atoms with Gasteiger partial charge in [-0.05, 0) is 24.7 Å². The van der Waals surface area contributed by atoms with E-state index in [2.05, 4.69) is 18.8 Å². The maximum absolute atomic E-state index is 5.35. The summed E-state index contributed by atoms with van der Waals surface area (Å²) in [7, 11) is 0. The molecule has 1 fully saturated rings. The molecule has 3 atom stereocenters. The molecule has 0 saturated heterocycles. The molecule has 12 heavy (non-hydrogen) atoms. The van der Waals surface area contributed by atoms with Crippen molar-refractivity contribution >= 4 is 5.96 Å². The van der Waals surface area contributed by atoms with Gasteiger partial charge >= 0.3 is 0 Å². The van der Waals surface area contributed by atoms with E-state index < -0.39 is 0 Å². The van der Waals surface area contributed by atoms with Crippen molar-refractivity contribution in [3.8, 4) is 0 Å². The van der Waals surface area contributed by atoms with Gasteiger partial charge < -0.3 is 11.5 Å². The minimum Gasteiger partial charge on any atom is -0.370 e. The molecule has 1 saturated carbocycles. The lowest BCUT2D eigenvalue weighted by Crippen LogP contribution is -2.27. The highest BCUT2D eigenvalue weighted by atomic mass is 15.0. The molecular weight excluding hydrogens is 150 g/mol. The Hall–Kier alpha value is -0.730. The first-order valence-corrected chi connectivity index (χ1v) is 4.74. The average molecular weight is 169 g/mol. The molecule has 0 aromatic carbocycles. The highest BCUT2D eigenvalue weighted by Crippen LogP contribution is 2.35. The second-order valence-corrected chi connectivity index (χ2v) is 3.73. The van der Waals surface area contributed by atoms with Crippen molar-refractivity contribution in [1.82, 2.24) is 0 Å². The van der Waals surface area contributed by atoms with Crippen LogP contribution in [0.25, 0.3) is 0 Å². The lowest BCUT2D eigenvalue weighted by Gasteiger charge is -2.16. The Bertz CT molecular complexity index is 173. The Morgan fingerprint density at radius 3 is 2.50 bits per heavy atom. The van der Waals surface area contributed by atoms with Crippen molar-refractivity contribution in [3.63, 3.8) is 0 Å². The molecule has 0 radical (unpaired) electrons. The molecule has 0 heterocycles. The number of aliphatic imine (C=N–C) groups is 1. The molecule has 3 nitrogen and oxygen atoms in total. The summed E-state index contributed by atoms with van der Waals surface area (Å²) in [6.07, 6.45) is 3.67. The number of nitrogens with two attached hydrogens (primary N) is 2. The topological polar surface area (TPSA) is 64.4 Å². The summed E-state index contributed by atoms with van der Waals surface area (Å²) in [6, 6.07) is 0.375. The van der Waals surface area contributed by atoms with Gasteiger partial charge in [0.1, 0.15) is 0 Å². The van der Waals surface area contributed by atoms with Crippen molar-refractivity contribution in [2.24, 2.45) is 28.3 Å². The quantitative estimate of drug-likeness (QED) is 0.480. The molecule has 0 aromatic heterocycles. The second-order valence-electron chi connectivity index (χ2n) is 3.73. The lowest BCUT2D eigenvalue weighted by molar-refractivity contribution is 0.383. The van der Waals surface area contributed by atoms with Crippen LogP contribution >= 0.6 is 0 Å². The smallest absolute Gasteiger partial charge is 0.186 e. The van der Waals surface area contributed by atoms with Crippen LogP contribution < -0.4 is 11.5 Å². The number of nitrogens with zero attached hydrogens (tertiary/aromatic N) is 1. The maximum atomic E-state index is 5.35. The van der Waals surface area contributed by atoms with E-state index >= 15 is 0 Å². The fourth-order valence-electron chi connectivity index (χ4n) is 2.17. The van der Waals surface area contributed by atoms with Crippen molar-refractivity contribution in [2.75, 3.05) is 0 Å². The van der Waals surface area contributed by atoms with Crippen molar-refractivity contribution in [3.05, 3.63) is 0 Å². The van der Waals surface area contributed by atoms with Crippen LogP contribution in [0.4, 0.5) is 0 Å². The predicted octanol–water partition coefficient (Wildman–Crippen LogP) is 1.08. The Kier molecular flexibility index (Phi) is 2.95. The fourth-order valence-corrected chi connectivity index (χ4v) is 2.17. The van der Waals surface area contributed by atoms with Crippen LogP contribution in [0.2, 0.25) is 0 Å². The van der Waals surface area contributed by atoms with Crippen LogP contribution in [0.5, 0.6) is 0 Å². The largest absolute Gasteiger partial charge is 0.370 e. The van der Waals surface area contributed by atoms with E-state index in [1.807, 2.05) is 0 Å². The molecule has 0 amide bonds. The Balaban J connectivity index is 2.55. The predicted molar refractivity (Wildman–Crippen MR) is 51.8 cm³/mol. The maximum Gasteiger partial charge on any atom is 0.186 e. The van der Waals surface area contributed by atoms with Gasteiger partial charge in [-0.1, -0.05) is 20.3 Å². The number of rotatable bonds is 2. The first-order valence-electron chi connectivity index (χ1n) is 4.74. The van der Waals surface area contributed by atoms with Gasteiger partial charge in [-0.3, -0.25) is 4.99 Å². The Morgan fingerprint density at radius 2 is 2.08 bits per heavy atom. The number of guanidine groups is 1. The molecule has 1 rings (SSSR count). The summed E-state index contributed by atoms with van der Waals surface area (Å²) >= 11 is 0. The fraction of sp³-hybridized carbons (Fsp3) is 0.889. The molecule has 0 spiro atoms. The summed E-state index contributed by atoms with van der Waals surface area (Å²) in [6.45, 7) is 4.48. The molecule has 0 aliphatic heterocycles. The van der Waals surface area contributed by atoms with Crippen LogP contribution in [0.15, 0.2) is 4.99 Å². The van der Waals surface area contributed by atoms with Crippen LogP contribution in [0.1, 0.15) is 33.1 Å². The van der Waals surface area contributed by atoms with E-state index in [4.69, 9.17) is 11.5 Å². The van der Waals surface area contributed by atoms with Gasteiger partial charge in [-0.25, -0.2) is 0 Å². The van der Waals surface area contributed by atoms with Crippen LogP contribution in [-0.2, 0) is 0 Å². The summed E-state index contributed by atoms with van der Waals surface area (Å²) in [5.41, 5.74) is 10.7. The lowest BCUT2D eigenvalue weighted by atomic mass is 9.94. The van der Waals surface area contributed by atoms with Crippen LogP contribution in [0.3, 0.4) is 0 Å². The second kappa shape index (κ2) is 3.78. The number of hydrogen-bond donors (Lipinski definition) is 2. The molecule has 1 aliphatic rings. The minimum atomic E-state index is 0.239. The zero-order valence-corrected chi connectivity index (χ0v) is 7.96. The van der Waals surface area contributed by atoms with Gasteiger partial charge in [-0.2, -0.15) is 0 Å². The molecule has 0 bridgehead atoms. The van der Waals surface area contributed by atoms with E-state index in [-0.39, 0.29) is 5.96 Å². The van der Waals surface area contributed by atoms with E-state index in [1.54, 1.807) is 0 Å². The normalized spacial score (nSPS) is 35.0. The molecule has 3 heteroatoms. The highest BCUT2D eigenvalue weighted by Gasteiger charge is 2.31. The van der Waals surface area contributed by atoms with Crippen molar-refractivity contribution in [2.45, 2.75) is 39.2 Å². The minimum absolute atomic E-state index is 0.239. The average Bonchev–Trinajstić information content (AvgIpc) is 2.32. The first-order chi connectivity index (χ1) is 5.65. The molecule has 1 aliphatic carbocycles. The van der Waals surface area contributed by atoms with Gasteiger partial charge in [0.15, 0.2) is 5.96 Å². The van der Waals surface area contributed by atoms with Gasteiger partial charge in [-0.15, -0.1) is 0 Å². The third kappa shape index (κ3) is 1.90. The zero-order valence-electron chi connectivity index (χ0n) is 7.96. The van der Waals surface area contributed by atoms with Gasteiger partial charge in [0.25, 0.3) is 0 Å². The third-order valence-electron chi connectivity index (χ3n) is 3.02. The zero-order chi connectivity index (χ0) is 9.14. The number of hydrogen-bond acceptors (Lipinski definition) is 1.